The largest absolute Gasteiger partial charge is 0.494 e. The summed E-state index contributed by atoms with van der Waals surface area (Å²) in [5.74, 6) is 1.30. The summed E-state index contributed by atoms with van der Waals surface area (Å²) >= 11 is 0.713. The molecule has 1 aromatic rings. The maximum absolute atomic E-state index is 10.2. The molecule has 1 aromatic carbocycles. The Hall–Kier alpha value is -0.760. The van der Waals surface area contributed by atoms with Crippen LogP contribution in [-0.4, -0.2) is 25.3 Å². The van der Waals surface area contributed by atoms with E-state index < -0.39 is 10.4 Å². The molecular formula is C10H14O5S2. The molecule has 0 saturated carbocycles. The normalized spacial score (nSPS) is 11.4. The van der Waals surface area contributed by atoms with Gasteiger partial charge in [0.25, 0.3) is 0 Å². The fraction of sp³-hybridized carbons (Fsp3) is 0.400. The van der Waals surface area contributed by atoms with Gasteiger partial charge in [-0.15, -0.1) is 0 Å². The zero-order valence-corrected chi connectivity index (χ0v) is 10.7. The van der Waals surface area contributed by atoms with Crippen LogP contribution in [0.25, 0.3) is 0 Å². The second kappa shape index (κ2) is 7.54. The minimum Gasteiger partial charge on any atom is -0.494 e. The summed E-state index contributed by atoms with van der Waals surface area (Å²) < 4.78 is 38.2. The van der Waals surface area contributed by atoms with E-state index in [2.05, 4.69) is 3.63 Å². The lowest BCUT2D eigenvalue weighted by atomic mass is 10.3. The molecule has 0 fully saturated rings. The summed E-state index contributed by atoms with van der Waals surface area (Å²) in [4.78, 5) is 0. The molecule has 0 aliphatic rings. The lowest BCUT2D eigenvalue weighted by Crippen LogP contribution is -2.00. The van der Waals surface area contributed by atoms with Gasteiger partial charge < -0.3 is 4.74 Å². The predicted molar refractivity (Wildman–Crippen MR) is 66.3 cm³/mol. The zero-order chi connectivity index (χ0) is 12.6. The summed E-state index contributed by atoms with van der Waals surface area (Å²) in [6.07, 6.45) is 1.53. The van der Waals surface area contributed by atoms with Gasteiger partial charge in [-0.05, 0) is 25.0 Å². The molecule has 1 rings (SSSR count). The third kappa shape index (κ3) is 8.03. The van der Waals surface area contributed by atoms with Gasteiger partial charge in [0.05, 0.1) is 6.61 Å². The van der Waals surface area contributed by atoms with Gasteiger partial charge in [0.15, 0.2) is 0 Å². The second-order valence-electron chi connectivity index (χ2n) is 3.19. The van der Waals surface area contributed by atoms with Gasteiger partial charge in [0, 0.05) is 17.8 Å². The van der Waals surface area contributed by atoms with Crippen LogP contribution >= 0.6 is 12.0 Å². The van der Waals surface area contributed by atoms with Crippen molar-refractivity contribution in [2.24, 2.45) is 0 Å². The second-order valence-corrected chi connectivity index (χ2v) is 5.23. The van der Waals surface area contributed by atoms with Gasteiger partial charge in [-0.2, -0.15) is 12.0 Å². The standard InChI is InChI=1S/C10H14O5S2/c11-17(12,13)15-16-9-5-4-8-14-10-6-2-1-3-7-10/h1-3,6-7H,4-5,8-9H2,(H,11,12,13). The molecular weight excluding hydrogens is 264 g/mol. The Morgan fingerprint density at radius 1 is 1.18 bits per heavy atom. The van der Waals surface area contributed by atoms with Gasteiger partial charge in [0.2, 0.25) is 0 Å². The number of rotatable bonds is 8. The highest BCUT2D eigenvalue weighted by atomic mass is 32.3. The topological polar surface area (TPSA) is 72.8 Å². The first-order valence-corrected chi connectivity index (χ1v) is 7.32. The number of benzene rings is 1. The van der Waals surface area contributed by atoms with Gasteiger partial charge in [-0.1, -0.05) is 18.2 Å². The quantitative estimate of drug-likeness (QED) is 0.447. The summed E-state index contributed by atoms with van der Waals surface area (Å²) in [7, 11) is -4.33. The fourth-order valence-electron chi connectivity index (χ4n) is 1.06. The number of para-hydroxylation sites is 1. The Bertz CT molecular complexity index is 404. The van der Waals surface area contributed by atoms with Crippen LogP contribution in [0.4, 0.5) is 0 Å². The molecule has 0 aliphatic heterocycles. The smallest absolute Gasteiger partial charge is 0.408 e. The Kier molecular flexibility index (Phi) is 6.35. The SMILES string of the molecule is O=S(=O)(O)OSCCCCOc1ccccc1. The van der Waals surface area contributed by atoms with Crippen molar-refractivity contribution in [1.82, 2.24) is 0 Å². The summed E-state index contributed by atoms with van der Waals surface area (Å²) in [5.41, 5.74) is 0. The van der Waals surface area contributed by atoms with Crippen molar-refractivity contribution >= 4 is 22.4 Å². The van der Waals surface area contributed by atoms with Gasteiger partial charge in [-0.25, -0.2) is 0 Å². The molecule has 1 N–H and O–H groups in total. The Morgan fingerprint density at radius 2 is 1.88 bits per heavy atom. The highest BCUT2D eigenvalue weighted by Gasteiger charge is 2.04. The van der Waals surface area contributed by atoms with Crippen molar-refractivity contribution in [1.29, 1.82) is 0 Å². The Morgan fingerprint density at radius 3 is 2.53 bits per heavy atom. The molecule has 0 aliphatic carbocycles. The van der Waals surface area contributed by atoms with E-state index in [9.17, 15) is 8.42 Å². The monoisotopic (exact) mass is 278 g/mol. The van der Waals surface area contributed by atoms with Crippen LogP contribution in [0.3, 0.4) is 0 Å². The fourth-order valence-corrected chi connectivity index (χ4v) is 2.15. The third-order valence-electron chi connectivity index (χ3n) is 1.77. The minimum absolute atomic E-state index is 0.484. The predicted octanol–water partition coefficient (Wildman–Crippen LogP) is 2.31. The third-order valence-corrected chi connectivity index (χ3v) is 3.30. The van der Waals surface area contributed by atoms with Crippen LogP contribution < -0.4 is 4.74 Å². The highest BCUT2D eigenvalue weighted by molar-refractivity contribution is 8.02. The summed E-state index contributed by atoms with van der Waals surface area (Å²) in [6.45, 7) is 0.566. The van der Waals surface area contributed by atoms with Crippen LogP contribution in [0.2, 0.25) is 0 Å². The molecule has 0 amide bonds. The average Bonchev–Trinajstić information content (AvgIpc) is 2.28. The van der Waals surface area contributed by atoms with Crippen molar-refractivity contribution in [2.75, 3.05) is 12.4 Å². The van der Waals surface area contributed by atoms with E-state index in [0.717, 1.165) is 18.6 Å². The molecule has 0 bridgehead atoms. The molecule has 7 heteroatoms. The van der Waals surface area contributed by atoms with Crippen molar-refractivity contribution in [3.8, 4) is 5.75 Å². The lowest BCUT2D eigenvalue weighted by Gasteiger charge is -2.04. The molecule has 96 valence electrons. The Labute approximate surface area is 105 Å². The number of hydrogen-bond donors (Lipinski definition) is 1. The van der Waals surface area contributed by atoms with Gasteiger partial charge in [0.1, 0.15) is 5.75 Å². The summed E-state index contributed by atoms with van der Waals surface area (Å²) in [6, 6.07) is 9.44. The van der Waals surface area contributed by atoms with E-state index in [0.29, 0.717) is 24.4 Å². The first-order chi connectivity index (χ1) is 8.08. The van der Waals surface area contributed by atoms with Crippen molar-refractivity contribution in [2.45, 2.75) is 12.8 Å². The zero-order valence-electron chi connectivity index (χ0n) is 9.11. The Balaban J connectivity index is 1.99. The maximum atomic E-state index is 10.2. The molecule has 0 aromatic heterocycles. The first kappa shape index (κ1) is 14.3. The van der Waals surface area contributed by atoms with Crippen molar-refractivity contribution in [3.05, 3.63) is 30.3 Å². The van der Waals surface area contributed by atoms with Gasteiger partial charge in [-0.3, -0.25) is 4.55 Å². The molecule has 5 nitrogen and oxygen atoms in total. The van der Waals surface area contributed by atoms with E-state index in [4.69, 9.17) is 9.29 Å². The van der Waals surface area contributed by atoms with Crippen LogP contribution in [0.1, 0.15) is 12.8 Å². The molecule has 0 spiro atoms. The van der Waals surface area contributed by atoms with E-state index >= 15 is 0 Å². The average molecular weight is 278 g/mol. The van der Waals surface area contributed by atoms with Crippen LogP contribution in [0.15, 0.2) is 30.3 Å². The minimum atomic E-state index is -4.33. The molecule has 17 heavy (non-hydrogen) atoms. The molecule has 0 radical (unpaired) electrons. The first-order valence-electron chi connectivity index (χ1n) is 5.04. The maximum Gasteiger partial charge on any atom is 0.408 e. The summed E-state index contributed by atoms with van der Waals surface area (Å²) in [5, 5.41) is 0. The van der Waals surface area contributed by atoms with E-state index in [1.54, 1.807) is 0 Å². The molecule has 0 heterocycles. The molecule has 0 unspecified atom stereocenters. The van der Waals surface area contributed by atoms with Crippen molar-refractivity contribution in [3.63, 3.8) is 0 Å². The number of unbranched alkanes of at least 4 members (excludes halogenated alkanes) is 1. The lowest BCUT2D eigenvalue weighted by molar-refractivity contribution is 0.309. The van der Waals surface area contributed by atoms with E-state index in [1.807, 2.05) is 30.3 Å². The van der Waals surface area contributed by atoms with Gasteiger partial charge >= 0.3 is 10.4 Å². The molecule has 0 atom stereocenters. The van der Waals surface area contributed by atoms with Crippen molar-refractivity contribution < 1.29 is 21.3 Å². The number of ether oxygens (including phenoxy) is 1. The van der Waals surface area contributed by atoms with Crippen LogP contribution in [0, 0.1) is 0 Å². The highest BCUT2D eigenvalue weighted by Crippen LogP contribution is 2.11. The molecule has 0 saturated heterocycles. The van der Waals surface area contributed by atoms with Crippen LogP contribution in [0.5, 0.6) is 5.75 Å². The van der Waals surface area contributed by atoms with E-state index in [1.165, 1.54) is 0 Å². The van der Waals surface area contributed by atoms with E-state index in [-0.39, 0.29) is 0 Å². The van der Waals surface area contributed by atoms with Crippen LogP contribution in [-0.2, 0) is 14.0 Å². The number of hydrogen-bond acceptors (Lipinski definition) is 5.